The van der Waals surface area contributed by atoms with Crippen LogP contribution in [0.3, 0.4) is 0 Å². The molecule has 1 aromatic rings. The van der Waals surface area contributed by atoms with Gasteiger partial charge in [-0.15, -0.1) is 0 Å². The van der Waals surface area contributed by atoms with Crippen LogP contribution in [0.1, 0.15) is 76.7 Å². The van der Waals surface area contributed by atoms with Crippen molar-refractivity contribution in [3.8, 4) is 0 Å². The third-order valence-corrected chi connectivity index (χ3v) is 9.18. The number of carbonyl (C=O) groups excluding carboxylic acids is 1. The molecule has 3 rings (SSSR count). The molecule has 0 bridgehead atoms. The van der Waals surface area contributed by atoms with Gasteiger partial charge in [0.25, 0.3) is 0 Å². The number of hydrogen-bond donors (Lipinski definition) is 1. The number of sulfonamides is 1. The molecule has 2 fully saturated rings. The average molecular weight is 475 g/mol. The maximum Gasteiger partial charge on any atom is 0.416 e. The zero-order valence-electron chi connectivity index (χ0n) is 18.5. The Bertz CT molecular complexity index is 913. The topological polar surface area (TPSA) is 80.5 Å². The first kappa shape index (κ1) is 25.0. The number of piperidine rings is 1. The monoisotopic (exact) mass is 474 g/mol. The Morgan fingerprint density at radius 1 is 1.09 bits per heavy atom. The third kappa shape index (κ3) is 4.69. The minimum atomic E-state index is -4.64. The smallest absolute Gasteiger partial charge is 0.369 e. The van der Waals surface area contributed by atoms with Gasteiger partial charge in [-0.1, -0.05) is 45.1 Å². The first-order valence-corrected chi connectivity index (χ1v) is 13.0. The van der Waals surface area contributed by atoms with E-state index in [4.69, 9.17) is 5.73 Å². The van der Waals surface area contributed by atoms with Crippen molar-refractivity contribution in [3.05, 3.63) is 29.8 Å². The lowest BCUT2D eigenvalue weighted by Gasteiger charge is -2.50. The van der Waals surface area contributed by atoms with Gasteiger partial charge in [0.2, 0.25) is 15.9 Å². The SMILES string of the molecule is CCCC(C(N)=O)(C1CCCCC1)C1CCCCN1S(=O)(=O)c1cccc(C(F)(F)F)c1. The molecule has 1 aromatic carbocycles. The van der Waals surface area contributed by atoms with Gasteiger partial charge in [-0.05, 0) is 56.2 Å². The van der Waals surface area contributed by atoms with Crippen LogP contribution in [0, 0.1) is 11.3 Å². The number of rotatable bonds is 7. The van der Waals surface area contributed by atoms with Crippen LogP contribution in [0.4, 0.5) is 13.2 Å². The van der Waals surface area contributed by atoms with E-state index in [9.17, 15) is 26.4 Å². The zero-order valence-corrected chi connectivity index (χ0v) is 19.4. The summed E-state index contributed by atoms with van der Waals surface area (Å²) in [5, 5.41) is 0. The van der Waals surface area contributed by atoms with Crippen molar-refractivity contribution in [3.63, 3.8) is 0 Å². The molecule has 0 aromatic heterocycles. The van der Waals surface area contributed by atoms with Crippen LogP contribution in [0.5, 0.6) is 0 Å². The van der Waals surface area contributed by atoms with Crippen molar-refractivity contribution < 1.29 is 26.4 Å². The lowest BCUT2D eigenvalue weighted by atomic mass is 9.60. The average Bonchev–Trinajstić information content (AvgIpc) is 2.77. The molecular formula is C23H33F3N2O3S. The summed E-state index contributed by atoms with van der Waals surface area (Å²) in [4.78, 5) is 12.7. The zero-order chi connectivity index (χ0) is 23.6. The molecule has 1 saturated heterocycles. The molecule has 2 aliphatic rings. The number of benzene rings is 1. The molecule has 32 heavy (non-hydrogen) atoms. The lowest BCUT2D eigenvalue weighted by Crippen LogP contribution is -2.60. The number of hydrogen-bond acceptors (Lipinski definition) is 3. The number of alkyl halides is 3. The van der Waals surface area contributed by atoms with Crippen LogP contribution < -0.4 is 5.73 Å². The van der Waals surface area contributed by atoms with Crippen LogP contribution in [0.25, 0.3) is 0 Å². The van der Waals surface area contributed by atoms with E-state index in [1.54, 1.807) is 0 Å². The molecule has 9 heteroatoms. The number of primary amides is 1. The van der Waals surface area contributed by atoms with Gasteiger partial charge in [0.15, 0.2) is 0 Å². The molecule has 1 aliphatic carbocycles. The molecule has 1 heterocycles. The highest BCUT2D eigenvalue weighted by molar-refractivity contribution is 7.89. The van der Waals surface area contributed by atoms with Gasteiger partial charge in [-0.2, -0.15) is 17.5 Å². The summed E-state index contributed by atoms with van der Waals surface area (Å²) in [5.74, 6) is -0.501. The highest BCUT2D eigenvalue weighted by Gasteiger charge is 2.54. The van der Waals surface area contributed by atoms with E-state index in [-0.39, 0.29) is 12.5 Å². The summed E-state index contributed by atoms with van der Waals surface area (Å²) in [7, 11) is -4.24. The van der Waals surface area contributed by atoms with E-state index in [2.05, 4.69) is 0 Å². The van der Waals surface area contributed by atoms with Gasteiger partial charge in [0.05, 0.1) is 15.9 Å². The second-order valence-corrected chi connectivity index (χ2v) is 11.0. The largest absolute Gasteiger partial charge is 0.416 e. The maximum atomic E-state index is 13.6. The number of nitrogens with zero attached hydrogens (tertiary/aromatic N) is 1. The first-order chi connectivity index (χ1) is 15.0. The summed E-state index contributed by atoms with van der Waals surface area (Å²) in [5.41, 5.74) is 4.02. The maximum absolute atomic E-state index is 13.6. The van der Waals surface area contributed by atoms with Gasteiger partial charge in [-0.3, -0.25) is 4.79 Å². The Kier molecular flexibility index (Phi) is 7.59. The van der Waals surface area contributed by atoms with Crippen molar-refractivity contribution in [1.82, 2.24) is 4.31 Å². The summed E-state index contributed by atoms with van der Waals surface area (Å²) in [6, 6.07) is 3.22. The minimum absolute atomic E-state index is 0.0176. The molecule has 0 spiro atoms. The van der Waals surface area contributed by atoms with Crippen LogP contribution in [-0.2, 0) is 21.0 Å². The molecule has 2 atom stereocenters. The van der Waals surface area contributed by atoms with E-state index in [1.807, 2.05) is 6.92 Å². The Labute approximate surface area is 188 Å². The Balaban J connectivity index is 2.09. The van der Waals surface area contributed by atoms with Gasteiger partial charge < -0.3 is 5.73 Å². The van der Waals surface area contributed by atoms with Gasteiger partial charge in [-0.25, -0.2) is 8.42 Å². The fraction of sp³-hybridized carbons (Fsp3) is 0.696. The third-order valence-electron chi connectivity index (χ3n) is 7.27. The molecule has 2 N–H and O–H groups in total. The van der Waals surface area contributed by atoms with Gasteiger partial charge >= 0.3 is 6.18 Å². The Morgan fingerprint density at radius 3 is 2.34 bits per heavy atom. The fourth-order valence-corrected chi connectivity index (χ4v) is 7.63. The van der Waals surface area contributed by atoms with Crippen molar-refractivity contribution >= 4 is 15.9 Å². The highest BCUT2D eigenvalue weighted by Crippen LogP contribution is 2.49. The summed E-state index contributed by atoms with van der Waals surface area (Å²) in [6.07, 6.45) is 2.99. The number of halogens is 3. The van der Waals surface area contributed by atoms with Crippen molar-refractivity contribution in [2.75, 3.05) is 6.54 Å². The van der Waals surface area contributed by atoms with Crippen molar-refractivity contribution in [2.24, 2.45) is 17.1 Å². The fourth-order valence-electron chi connectivity index (χ4n) is 5.84. The second-order valence-electron chi connectivity index (χ2n) is 9.14. The molecular weight excluding hydrogens is 441 g/mol. The Hall–Kier alpha value is -1.61. The number of nitrogens with two attached hydrogens (primary N) is 1. The number of amides is 1. The van der Waals surface area contributed by atoms with Crippen LogP contribution in [0.15, 0.2) is 29.2 Å². The van der Waals surface area contributed by atoms with E-state index in [0.29, 0.717) is 31.7 Å². The predicted molar refractivity (Wildman–Crippen MR) is 116 cm³/mol. The van der Waals surface area contributed by atoms with E-state index >= 15 is 0 Å². The van der Waals surface area contributed by atoms with Crippen LogP contribution >= 0.6 is 0 Å². The normalized spacial score (nSPS) is 23.6. The van der Waals surface area contributed by atoms with Gasteiger partial charge in [0.1, 0.15) is 0 Å². The van der Waals surface area contributed by atoms with Crippen molar-refractivity contribution in [1.29, 1.82) is 0 Å². The number of carbonyl (C=O) groups is 1. The van der Waals surface area contributed by atoms with E-state index in [0.717, 1.165) is 50.7 Å². The summed E-state index contributed by atoms with van der Waals surface area (Å²) < 4.78 is 68.3. The quantitative estimate of drug-likeness (QED) is 0.597. The second kappa shape index (κ2) is 9.71. The molecule has 1 saturated carbocycles. The molecule has 2 unspecified atom stereocenters. The molecule has 180 valence electrons. The standard InChI is InChI=1S/C23H33F3N2O3S/c1-2-14-22(21(27)29,17-9-4-3-5-10-17)20-13-6-7-15-28(20)32(30,31)19-12-8-11-18(16-19)23(24,25)26/h8,11-12,16-17,20H,2-7,9-10,13-15H2,1H3,(H2,27,29). The van der Waals surface area contributed by atoms with E-state index in [1.165, 1.54) is 10.4 Å². The van der Waals surface area contributed by atoms with Crippen molar-refractivity contribution in [2.45, 2.75) is 88.2 Å². The summed E-state index contributed by atoms with van der Waals surface area (Å²) >= 11 is 0. The molecule has 1 amide bonds. The van der Waals surface area contributed by atoms with Crippen LogP contribution in [0.2, 0.25) is 0 Å². The summed E-state index contributed by atoms with van der Waals surface area (Å²) in [6.45, 7) is 2.13. The lowest BCUT2D eigenvalue weighted by molar-refractivity contribution is -0.138. The van der Waals surface area contributed by atoms with Crippen LogP contribution in [-0.4, -0.2) is 31.2 Å². The Morgan fingerprint density at radius 2 is 1.75 bits per heavy atom. The highest BCUT2D eigenvalue weighted by atomic mass is 32.2. The molecule has 5 nitrogen and oxygen atoms in total. The predicted octanol–water partition coefficient (Wildman–Crippen LogP) is 5.10. The van der Waals surface area contributed by atoms with Gasteiger partial charge in [0, 0.05) is 12.6 Å². The molecule has 0 radical (unpaired) electrons. The minimum Gasteiger partial charge on any atom is -0.369 e. The first-order valence-electron chi connectivity index (χ1n) is 11.5. The van der Waals surface area contributed by atoms with E-state index < -0.39 is 44.0 Å². The molecule has 1 aliphatic heterocycles.